The summed E-state index contributed by atoms with van der Waals surface area (Å²) in [5, 5.41) is 22.2. The Morgan fingerprint density at radius 1 is 1.32 bits per heavy atom. The summed E-state index contributed by atoms with van der Waals surface area (Å²) in [5.74, 6) is -2.53. The second kappa shape index (κ2) is 15.1. The first-order chi connectivity index (χ1) is 25.5. The number of carboxylic acid groups (broad SMARTS) is 1. The summed E-state index contributed by atoms with van der Waals surface area (Å²) in [5.41, 5.74) is 13.8. The highest BCUT2D eigenvalue weighted by Crippen LogP contribution is 2.40. The third-order valence-electron chi connectivity index (χ3n) is 9.20. The number of halogens is 2. The van der Waals surface area contributed by atoms with Gasteiger partial charge in [-0.15, -0.1) is 23.1 Å². The molecule has 0 radical (unpaired) electrons. The Hall–Kier alpha value is -5.04. The number of carboxylic acids is 1. The first-order valence-corrected chi connectivity index (χ1v) is 18.9. The zero-order valence-corrected chi connectivity index (χ0v) is 30.7. The van der Waals surface area contributed by atoms with Crippen molar-refractivity contribution >= 4 is 80.1 Å². The normalized spacial score (nSPS) is 20.7. The fourth-order valence-corrected chi connectivity index (χ4v) is 8.77. The van der Waals surface area contributed by atoms with E-state index in [9.17, 15) is 19.5 Å². The van der Waals surface area contributed by atoms with Crippen molar-refractivity contribution in [1.29, 1.82) is 0 Å². The summed E-state index contributed by atoms with van der Waals surface area (Å²) in [7, 11) is 1.27. The van der Waals surface area contributed by atoms with E-state index in [1.54, 1.807) is 6.07 Å². The van der Waals surface area contributed by atoms with Crippen molar-refractivity contribution in [2.75, 3.05) is 31.7 Å². The van der Waals surface area contributed by atoms with E-state index in [-0.39, 0.29) is 63.5 Å². The van der Waals surface area contributed by atoms with Gasteiger partial charge in [-0.3, -0.25) is 19.5 Å². The maximum Gasteiger partial charge on any atom is 0.352 e. The van der Waals surface area contributed by atoms with E-state index in [1.165, 1.54) is 35.2 Å². The van der Waals surface area contributed by atoms with Gasteiger partial charge in [0.2, 0.25) is 0 Å². The fraction of sp³-hybridized carbons (Fsp3) is 0.324. The molecule has 0 spiro atoms. The van der Waals surface area contributed by atoms with E-state index in [1.807, 2.05) is 39.9 Å². The lowest BCUT2D eigenvalue weighted by Crippen LogP contribution is -2.71. The van der Waals surface area contributed by atoms with Crippen molar-refractivity contribution in [3.63, 3.8) is 0 Å². The first kappa shape index (κ1) is 36.3. The van der Waals surface area contributed by atoms with Crippen LogP contribution in [-0.4, -0.2) is 92.3 Å². The minimum absolute atomic E-state index is 0.0287. The molecule has 1 unspecified atom stereocenters. The predicted octanol–water partition coefficient (Wildman–Crippen LogP) is 2.05. The van der Waals surface area contributed by atoms with Crippen molar-refractivity contribution in [2.45, 2.75) is 43.4 Å². The molecule has 2 fully saturated rings. The topological polar surface area (TPSA) is 206 Å². The smallest absolute Gasteiger partial charge is 0.352 e. The number of nitrogen functional groups attached to an aromatic ring is 1. The maximum absolute atomic E-state index is 15.5. The standard InChI is InChI=1S/C34H34ClFN10O5S2/c1-51-43-26(24-16-53-34(38)41-24)30(47)42-27-31(48)46-28(33(49)50)19(15-52-32(27)46)12-44-7-4-17-5-8-45(25(17)14-44)13-21-22(35)9-18(10-23(21)36)29(37)40-20-3-2-6-39-11-20/h4-5,7-10,14,16,20,27,32,39H,2-3,6,11-13,15H2,1H3,(H5-,37,38,40,41,42,47,49,50)/p+1/b43-26-/t20?,27-,32-/m1/s1. The van der Waals surface area contributed by atoms with E-state index in [4.69, 9.17) is 27.9 Å². The summed E-state index contributed by atoms with van der Waals surface area (Å²) < 4.78 is 19.2. The Labute approximate surface area is 315 Å². The van der Waals surface area contributed by atoms with Crippen LogP contribution in [0.15, 0.2) is 69.7 Å². The number of fused-ring (bicyclic) bond motifs is 2. The van der Waals surface area contributed by atoms with Gasteiger partial charge in [0.1, 0.15) is 47.1 Å². The Balaban J connectivity index is 1.08. The number of hydrogen-bond acceptors (Lipinski definition) is 11. The summed E-state index contributed by atoms with van der Waals surface area (Å²) in [6, 6.07) is 5.79. The minimum atomic E-state index is -1.26. The van der Waals surface area contributed by atoms with Crippen LogP contribution in [0.5, 0.6) is 0 Å². The number of aromatic nitrogens is 3. The van der Waals surface area contributed by atoms with Gasteiger partial charge < -0.3 is 36.6 Å². The summed E-state index contributed by atoms with van der Waals surface area (Å²) in [6.45, 7) is 1.96. The molecule has 15 nitrogen and oxygen atoms in total. The summed E-state index contributed by atoms with van der Waals surface area (Å²) in [4.78, 5) is 53.7. The molecular weight excluding hydrogens is 747 g/mol. The number of aliphatic carboxylic acids is 1. The van der Waals surface area contributed by atoms with Crippen LogP contribution in [0.25, 0.3) is 10.9 Å². The van der Waals surface area contributed by atoms with Crippen LogP contribution in [0.4, 0.5) is 9.52 Å². The zero-order valence-electron chi connectivity index (χ0n) is 28.3. The van der Waals surface area contributed by atoms with Crippen LogP contribution in [0.1, 0.15) is 29.7 Å². The number of anilines is 1. The van der Waals surface area contributed by atoms with Crippen molar-refractivity contribution in [3.05, 3.63) is 87.2 Å². The second-order valence-electron chi connectivity index (χ2n) is 12.6. The molecule has 276 valence electrons. The largest absolute Gasteiger partial charge is 0.477 e. The second-order valence-corrected chi connectivity index (χ2v) is 15.0. The number of thiazole rings is 1. The molecule has 19 heteroatoms. The molecule has 7 N–H and O–H groups in total. The number of benzene rings is 1. The Kier molecular flexibility index (Phi) is 10.4. The van der Waals surface area contributed by atoms with Crippen LogP contribution in [0, 0.1) is 5.82 Å². The van der Waals surface area contributed by atoms with E-state index >= 15 is 4.39 Å². The van der Waals surface area contributed by atoms with Gasteiger partial charge in [-0.1, -0.05) is 16.8 Å². The molecule has 7 rings (SSSR count). The lowest BCUT2D eigenvalue weighted by atomic mass is 10.0. The quantitative estimate of drug-likeness (QED) is 0.0493. The highest BCUT2D eigenvalue weighted by atomic mass is 35.5. The number of nitrogens with zero attached hydrogens (tertiary/aromatic N) is 6. The molecule has 53 heavy (non-hydrogen) atoms. The molecule has 2 saturated heterocycles. The molecule has 6 heterocycles. The number of hydrogen-bond donors (Lipinski definition) is 5. The van der Waals surface area contributed by atoms with Crippen LogP contribution in [0.2, 0.25) is 5.02 Å². The summed E-state index contributed by atoms with van der Waals surface area (Å²) in [6.07, 6.45) is 7.38. The molecule has 0 aliphatic carbocycles. The van der Waals surface area contributed by atoms with Gasteiger partial charge in [-0.2, -0.15) is 4.57 Å². The number of nitrogens with one attached hydrogen (secondary N) is 2. The van der Waals surface area contributed by atoms with E-state index < -0.39 is 35.0 Å². The van der Waals surface area contributed by atoms with Crippen LogP contribution >= 0.6 is 34.7 Å². The number of thioether (sulfide) groups is 1. The van der Waals surface area contributed by atoms with Gasteiger partial charge in [0.05, 0.1) is 12.6 Å². The molecule has 2 amide bonds. The van der Waals surface area contributed by atoms with Crippen LogP contribution < -0.4 is 26.7 Å². The number of carbonyl (C=O) groups excluding carboxylic acids is 2. The van der Waals surface area contributed by atoms with Crippen molar-refractivity contribution < 1.29 is 33.3 Å². The average molecular weight is 782 g/mol. The molecule has 1 aromatic carbocycles. The van der Waals surface area contributed by atoms with Crippen LogP contribution in [-0.2, 0) is 32.3 Å². The van der Waals surface area contributed by atoms with Gasteiger partial charge in [0, 0.05) is 57.0 Å². The number of amides is 2. The maximum atomic E-state index is 15.5. The molecule has 3 aromatic heterocycles. The lowest BCUT2D eigenvalue weighted by Gasteiger charge is -2.49. The van der Waals surface area contributed by atoms with Crippen molar-refractivity contribution in [2.24, 2.45) is 15.9 Å². The van der Waals surface area contributed by atoms with Gasteiger partial charge in [0.15, 0.2) is 29.8 Å². The van der Waals surface area contributed by atoms with Gasteiger partial charge in [-0.25, -0.2) is 14.2 Å². The monoisotopic (exact) mass is 781 g/mol. The van der Waals surface area contributed by atoms with Gasteiger partial charge in [0.25, 0.3) is 11.8 Å². The van der Waals surface area contributed by atoms with Crippen molar-refractivity contribution in [3.8, 4) is 0 Å². The molecule has 3 aliphatic rings. The average Bonchev–Trinajstić information content (AvgIpc) is 3.76. The minimum Gasteiger partial charge on any atom is -0.477 e. The molecular formula is C34H35ClFN10O5S2+. The Morgan fingerprint density at radius 3 is 2.85 bits per heavy atom. The molecule has 3 atom stereocenters. The number of rotatable bonds is 11. The molecule has 4 aromatic rings. The third-order valence-corrected chi connectivity index (χ3v) is 11.6. The van der Waals surface area contributed by atoms with Crippen LogP contribution in [0.3, 0.4) is 0 Å². The first-order valence-electron chi connectivity index (χ1n) is 16.6. The number of nitrogens with two attached hydrogens (primary N) is 2. The van der Waals surface area contributed by atoms with Crippen molar-refractivity contribution in [1.82, 2.24) is 25.1 Å². The predicted molar refractivity (Wildman–Crippen MR) is 199 cm³/mol. The number of carbonyl (C=O) groups is 3. The van der Waals surface area contributed by atoms with Gasteiger partial charge in [-0.05, 0) is 37.6 Å². The number of pyridine rings is 1. The highest BCUT2D eigenvalue weighted by molar-refractivity contribution is 8.00. The lowest BCUT2D eigenvalue weighted by molar-refractivity contribution is -0.687. The molecule has 0 saturated carbocycles. The number of aliphatic imine (C=N–C) groups is 1. The highest BCUT2D eigenvalue weighted by Gasteiger charge is 2.55. The zero-order chi connectivity index (χ0) is 37.4. The van der Waals surface area contributed by atoms with E-state index in [0.29, 0.717) is 11.1 Å². The fourth-order valence-electron chi connectivity index (χ4n) is 6.62. The molecule has 3 aliphatic heterocycles. The number of piperidine rings is 1. The van der Waals surface area contributed by atoms with Gasteiger partial charge >= 0.3 is 5.97 Å². The number of oxime groups is 1. The Morgan fingerprint density at radius 2 is 2.15 bits per heavy atom. The number of β-lactam (4-membered cyclic amide) rings is 1. The molecule has 0 bridgehead atoms. The number of amidine groups is 1. The van der Waals surface area contributed by atoms with E-state index in [2.05, 4.69) is 25.8 Å². The summed E-state index contributed by atoms with van der Waals surface area (Å²) >= 11 is 9.06. The van der Waals surface area contributed by atoms with E-state index in [0.717, 1.165) is 48.2 Å². The SMILES string of the molecule is CO/N=C(\C(=O)N[C@@H]1C(=O)N2C(C(=O)O)=C(C[n+]3ccc4ccn(Cc5c(F)cc(C(N)=NC6CCCNC6)cc5Cl)c4c3)CS[C@H]12)c1csc(N)n1. The Bertz CT molecular complexity index is 2190. The third kappa shape index (κ3) is 7.31.